The van der Waals surface area contributed by atoms with E-state index in [1.54, 1.807) is 7.11 Å². The van der Waals surface area contributed by atoms with Crippen LogP contribution < -0.4 is 4.74 Å². The van der Waals surface area contributed by atoms with Crippen molar-refractivity contribution in [1.29, 1.82) is 0 Å². The number of ether oxygens (including phenoxy) is 1. The van der Waals surface area contributed by atoms with Gasteiger partial charge in [-0.3, -0.25) is 4.90 Å². The molecule has 1 aromatic rings. The highest BCUT2D eigenvalue weighted by atomic mass is 35.5. The molecule has 0 radical (unpaired) electrons. The minimum Gasteiger partial charge on any atom is -0.497 e. The minimum atomic E-state index is 0. The maximum absolute atomic E-state index is 5.22. The van der Waals surface area contributed by atoms with Crippen molar-refractivity contribution in [1.82, 2.24) is 4.90 Å². The predicted octanol–water partition coefficient (Wildman–Crippen LogP) is 4.05. The first-order chi connectivity index (χ1) is 8.35. The third kappa shape index (κ3) is 3.63. The number of rotatable bonds is 5. The second-order valence-electron chi connectivity index (χ2n) is 4.82. The third-order valence-electron chi connectivity index (χ3n) is 3.64. The van der Waals surface area contributed by atoms with Crippen LogP contribution in [0.1, 0.15) is 44.2 Å². The van der Waals surface area contributed by atoms with E-state index >= 15 is 0 Å². The van der Waals surface area contributed by atoms with Crippen LogP contribution in [-0.4, -0.2) is 25.1 Å². The quantitative estimate of drug-likeness (QED) is 0.799. The molecule has 1 fully saturated rings. The Balaban J connectivity index is 0.00000162. The Morgan fingerprint density at radius 3 is 2.28 bits per heavy atom. The van der Waals surface area contributed by atoms with E-state index in [9.17, 15) is 0 Å². The second kappa shape index (κ2) is 7.65. The average Bonchev–Trinajstić information content (AvgIpc) is 2.90. The molecule has 1 aromatic carbocycles. The van der Waals surface area contributed by atoms with Crippen LogP contribution in [0.25, 0.3) is 0 Å². The van der Waals surface area contributed by atoms with E-state index in [-0.39, 0.29) is 12.4 Å². The first-order valence-electron chi connectivity index (χ1n) is 6.73. The summed E-state index contributed by atoms with van der Waals surface area (Å²) in [6, 6.07) is 9.20. The summed E-state index contributed by atoms with van der Waals surface area (Å²) in [4.78, 5) is 2.63. The minimum absolute atomic E-state index is 0. The summed E-state index contributed by atoms with van der Waals surface area (Å²) >= 11 is 0. The summed E-state index contributed by atoms with van der Waals surface area (Å²) in [7, 11) is 1.72. The van der Waals surface area contributed by atoms with Gasteiger partial charge in [-0.05, 0) is 50.0 Å². The Morgan fingerprint density at radius 1 is 1.17 bits per heavy atom. The van der Waals surface area contributed by atoms with Crippen molar-refractivity contribution in [3.8, 4) is 5.75 Å². The fourth-order valence-corrected chi connectivity index (χ4v) is 2.71. The van der Waals surface area contributed by atoms with Gasteiger partial charge in [0.1, 0.15) is 5.75 Å². The fourth-order valence-electron chi connectivity index (χ4n) is 2.71. The SMILES string of the molecule is CCCC(c1ccc(OC)cc1)N1CCCC1.Cl. The Kier molecular flexibility index (Phi) is 6.51. The Hall–Kier alpha value is -0.730. The van der Waals surface area contributed by atoms with Crippen molar-refractivity contribution < 1.29 is 4.74 Å². The van der Waals surface area contributed by atoms with Crippen LogP contribution in [0.5, 0.6) is 5.75 Å². The molecule has 0 spiro atoms. The van der Waals surface area contributed by atoms with Gasteiger partial charge in [-0.1, -0.05) is 25.5 Å². The molecule has 0 bridgehead atoms. The first-order valence-corrected chi connectivity index (χ1v) is 6.73. The van der Waals surface area contributed by atoms with Crippen LogP contribution in [0.3, 0.4) is 0 Å². The van der Waals surface area contributed by atoms with Crippen molar-refractivity contribution in [3.63, 3.8) is 0 Å². The molecule has 1 aliphatic rings. The van der Waals surface area contributed by atoms with E-state index in [4.69, 9.17) is 4.74 Å². The number of hydrogen-bond donors (Lipinski definition) is 0. The lowest BCUT2D eigenvalue weighted by Gasteiger charge is -2.27. The Morgan fingerprint density at radius 2 is 1.78 bits per heavy atom. The van der Waals surface area contributed by atoms with Gasteiger partial charge in [0.25, 0.3) is 0 Å². The predicted molar refractivity (Wildman–Crippen MR) is 78.7 cm³/mol. The first kappa shape index (κ1) is 15.3. The van der Waals surface area contributed by atoms with Crippen molar-refractivity contribution in [2.75, 3.05) is 20.2 Å². The summed E-state index contributed by atoms with van der Waals surface area (Å²) in [5.41, 5.74) is 1.44. The Bertz CT molecular complexity index is 333. The van der Waals surface area contributed by atoms with E-state index in [2.05, 4.69) is 36.1 Å². The monoisotopic (exact) mass is 269 g/mol. The van der Waals surface area contributed by atoms with E-state index in [0.29, 0.717) is 6.04 Å². The molecule has 0 N–H and O–H groups in total. The zero-order valence-electron chi connectivity index (χ0n) is 11.4. The van der Waals surface area contributed by atoms with Crippen LogP contribution in [0, 0.1) is 0 Å². The van der Waals surface area contributed by atoms with Gasteiger partial charge in [0.05, 0.1) is 7.11 Å². The highest BCUT2D eigenvalue weighted by molar-refractivity contribution is 5.85. The molecule has 3 heteroatoms. The molecule has 1 heterocycles. The molecule has 1 aliphatic heterocycles. The van der Waals surface area contributed by atoms with Gasteiger partial charge in [-0.15, -0.1) is 12.4 Å². The smallest absolute Gasteiger partial charge is 0.118 e. The van der Waals surface area contributed by atoms with Gasteiger partial charge in [-0.25, -0.2) is 0 Å². The van der Waals surface area contributed by atoms with Gasteiger partial charge < -0.3 is 4.74 Å². The van der Waals surface area contributed by atoms with E-state index < -0.39 is 0 Å². The molecule has 0 amide bonds. The molecule has 0 aromatic heterocycles. The largest absolute Gasteiger partial charge is 0.497 e. The summed E-state index contributed by atoms with van der Waals surface area (Å²) < 4.78 is 5.22. The lowest BCUT2D eigenvalue weighted by Crippen LogP contribution is -2.25. The van der Waals surface area contributed by atoms with Crippen molar-refractivity contribution in [2.45, 2.75) is 38.6 Å². The number of hydrogen-bond acceptors (Lipinski definition) is 2. The Labute approximate surface area is 117 Å². The van der Waals surface area contributed by atoms with Crippen LogP contribution >= 0.6 is 12.4 Å². The molecule has 1 unspecified atom stereocenters. The molecule has 102 valence electrons. The third-order valence-corrected chi connectivity index (χ3v) is 3.64. The molecule has 18 heavy (non-hydrogen) atoms. The fraction of sp³-hybridized carbons (Fsp3) is 0.600. The normalized spacial score (nSPS) is 17.2. The summed E-state index contributed by atoms with van der Waals surface area (Å²) in [5, 5.41) is 0. The zero-order valence-corrected chi connectivity index (χ0v) is 12.2. The van der Waals surface area contributed by atoms with Gasteiger partial charge in [-0.2, -0.15) is 0 Å². The zero-order chi connectivity index (χ0) is 12.1. The highest BCUT2D eigenvalue weighted by Gasteiger charge is 2.22. The number of nitrogens with zero attached hydrogens (tertiary/aromatic N) is 1. The summed E-state index contributed by atoms with van der Waals surface area (Å²) in [6.07, 6.45) is 5.21. The molecule has 2 rings (SSSR count). The van der Waals surface area contributed by atoms with Gasteiger partial charge in [0.2, 0.25) is 0 Å². The van der Waals surface area contributed by atoms with Crippen molar-refractivity contribution in [2.24, 2.45) is 0 Å². The number of halogens is 1. The van der Waals surface area contributed by atoms with Gasteiger partial charge in [0.15, 0.2) is 0 Å². The van der Waals surface area contributed by atoms with Crippen LogP contribution in [-0.2, 0) is 0 Å². The number of methoxy groups -OCH3 is 1. The molecule has 2 nitrogen and oxygen atoms in total. The molecule has 1 saturated heterocycles. The van der Waals surface area contributed by atoms with Crippen LogP contribution in [0.2, 0.25) is 0 Å². The van der Waals surface area contributed by atoms with Gasteiger partial charge >= 0.3 is 0 Å². The summed E-state index contributed by atoms with van der Waals surface area (Å²) in [5.74, 6) is 0.949. The van der Waals surface area contributed by atoms with Crippen LogP contribution in [0.4, 0.5) is 0 Å². The average molecular weight is 270 g/mol. The van der Waals surface area contributed by atoms with Crippen LogP contribution in [0.15, 0.2) is 24.3 Å². The number of likely N-dealkylation sites (tertiary alicyclic amines) is 1. The molecule has 0 saturated carbocycles. The van der Waals surface area contributed by atoms with Gasteiger partial charge in [0, 0.05) is 6.04 Å². The topological polar surface area (TPSA) is 12.5 Å². The standard InChI is InChI=1S/C15H23NO.ClH/c1-3-6-15(16-11-4-5-12-16)13-7-9-14(17-2)10-8-13;/h7-10,15H,3-6,11-12H2,1-2H3;1H. The molecule has 0 aliphatic carbocycles. The van der Waals surface area contributed by atoms with E-state index in [0.717, 1.165) is 5.75 Å². The number of benzene rings is 1. The maximum atomic E-state index is 5.22. The molecular weight excluding hydrogens is 246 g/mol. The second-order valence-corrected chi connectivity index (χ2v) is 4.82. The van der Waals surface area contributed by atoms with Crippen molar-refractivity contribution in [3.05, 3.63) is 29.8 Å². The highest BCUT2D eigenvalue weighted by Crippen LogP contribution is 2.30. The lowest BCUT2D eigenvalue weighted by atomic mass is 10.0. The summed E-state index contributed by atoms with van der Waals surface area (Å²) in [6.45, 7) is 4.79. The van der Waals surface area contributed by atoms with E-state index in [1.807, 2.05) is 0 Å². The molecule has 1 atom stereocenters. The van der Waals surface area contributed by atoms with E-state index in [1.165, 1.54) is 44.3 Å². The molecular formula is C15H24ClNO. The lowest BCUT2D eigenvalue weighted by molar-refractivity contribution is 0.232. The van der Waals surface area contributed by atoms with Crippen molar-refractivity contribution >= 4 is 12.4 Å². The maximum Gasteiger partial charge on any atom is 0.118 e.